The minimum absolute atomic E-state index is 0.0766. The molecule has 1 aliphatic heterocycles. The molecule has 22 heavy (non-hydrogen) atoms. The van der Waals surface area contributed by atoms with Crippen molar-refractivity contribution in [1.82, 2.24) is 4.90 Å². The number of hydrogen-bond donors (Lipinski definition) is 0. The van der Waals surface area contributed by atoms with Crippen LogP contribution in [-0.2, 0) is 16.1 Å². The minimum atomic E-state index is -0.0766. The van der Waals surface area contributed by atoms with Crippen molar-refractivity contribution < 1.29 is 9.53 Å². The first-order valence-corrected chi connectivity index (χ1v) is 8.64. The highest BCUT2D eigenvalue weighted by molar-refractivity contribution is 5.68. The summed E-state index contributed by atoms with van der Waals surface area (Å²) < 4.78 is 4.64. The van der Waals surface area contributed by atoms with Crippen LogP contribution >= 0.6 is 0 Å². The van der Waals surface area contributed by atoms with Crippen molar-refractivity contribution in [2.24, 2.45) is 0 Å². The molecule has 3 heteroatoms. The van der Waals surface area contributed by atoms with Crippen molar-refractivity contribution in [3.63, 3.8) is 0 Å². The topological polar surface area (TPSA) is 29.3 Å². The summed E-state index contributed by atoms with van der Waals surface area (Å²) in [4.78, 5) is 13.5. The van der Waals surface area contributed by atoms with Crippen molar-refractivity contribution >= 4 is 5.97 Å². The number of methoxy groups -OCH3 is 1. The summed E-state index contributed by atoms with van der Waals surface area (Å²) in [6, 6.07) is 11.6. The maximum Gasteiger partial charge on any atom is 0.305 e. The van der Waals surface area contributed by atoms with E-state index in [1.165, 1.54) is 51.3 Å². The number of ether oxygens (including phenoxy) is 1. The Balaban J connectivity index is 1.40. The predicted molar refractivity (Wildman–Crippen MR) is 89.6 cm³/mol. The average molecular weight is 303 g/mol. The van der Waals surface area contributed by atoms with E-state index in [4.69, 9.17) is 0 Å². The number of rotatable bonds is 11. The Morgan fingerprint density at radius 2 is 1.77 bits per heavy atom. The Kier molecular flexibility index (Phi) is 7.44. The van der Waals surface area contributed by atoms with E-state index in [2.05, 4.69) is 40.0 Å². The van der Waals surface area contributed by atoms with E-state index in [-0.39, 0.29) is 5.97 Å². The number of benzene rings is 1. The third kappa shape index (κ3) is 6.61. The molecule has 0 bridgehead atoms. The zero-order valence-electron chi connectivity index (χ0n) is 13.8. The summed E-state index contributed by atoms with van der Waals surface area (Å²) in [7, 11) is 1.46. The van der Waals surface area contributed by atoms with Gasteiger partial charge in [-0.2, -0.15) is 0 Å². The van der Waals surface area contributed by atoms with Crippen LogP contribution in [0.25, 0.3) is 0 Å². The van der Waals surface area contributed by atoms with Crippen LogP contribution in [-0.4, -0.2) is 30.6 Å². The second-order valence-electron chi connectivity index (χ2n) is 6.30. The van der Waals surface area contributed by atoms with Crippen LogP contribution in [0.1, 0.15) is 56.9 Å². The molecule has 2 rings (SSSR count). The molecular formula is C19H29NO2. The highest BCUT2D eigenvalue weighted by Crippen LogP contribution is 2.26. The fourth-order valence-electron chi connectivity index (χ4n) is 2.97. The average Bonchev–Trinajstić information content (AvgIpc) is 3.28. The van der Waals surface area contributed by atoms with Gasteiger partial charge in [-0.25, -0.2) is 0 Å². The molecule has 1 heterocycles. The molecule has 2 atom stereocenters. The molecule has 0 amide bonds. The number of carbonyl (C=O) groups excluding carboxylic acids is 1. The van der Waals surface area contributed by atoms with E-state index < -0.39 is 0 Å². The molecule has 0 aliphatic carbocycles. The number of unbranched alkanes of at least 4 members (excludes halogenated alkanes) is 5. The molecule has 0 radical (unpaired) electrons. The van der Waals surface area contributed by atoms with E-state index in [0.29, 0.717) is 6.42 Å². The lowest BCUT2D eigenvalue weighted by Gasteiger charge is -2.04. The second-order valence-corrected chi connectivity index (χ2v) is 6.30. The summed E-state index contributed by atoms with van der Waals surface area (Å²) in [6.45, 7) is 2.38. The van der Waals surface area contributed by atoms with Crippen molar-refractivity contribution in [3.8, 4) is 0 Å². The van der Waals surface area contributed by atoms with Crippen LogP contribution in [0, 0.1) is 0 Å². The van der Waals surface area contributed by atoms with Crippen LogP contribution < -0.4 is 0 Å². The normalized spacial score (nSPS) is 19.9. The zero-order valence-corrected chi connectivity index (χ0v) is 13.8. The van der Waals surface area contributed by atoms with Gasteiger partial charge in [-0.3, -0.25) is 9.69 Å². The van der Waals surface area contributed by atoms with Gasteiger partial charge in [-0.15, -0.1) is 0 Å². The first kappa shape index (κ1) is 17.0. The molecule has 0 spiro atoms. The van der Waals surface area contributed by atoms with Gasteiger partial charge in [0, 0.05) is 25.6 Å². The number of nitrogens with zero attached hydrogens (tertiary/aromatic N) is 1. The molecule has 1 aromatic rings. The SMILES string of the molecule is COC(=O)CCCCCCCCC1CN1Cc1ccccc1. The molecule has 1 saturated heterocycles. The van der Waals surface area contributed by atoms with Gasteiger partial charge in [-0.05, 0) is 18.4 Å². The van der Waals surface area contributed by atoms with Crippen molar-refractivity contribution in [1.29, 1.82) is 0 Å². The smallest absolute Gasteiger partial charge is 0.305 e. The van der Waals surface area contributed by atoms with Gasteiger partial charge in [-0.1, -0.05) is 62.4 Å². The maximum absolute atomic E-state index is 11.0. The van der Waals surface area contributed by atoms with Gasteiger partial charge in [0.15, 0.2) is 0 Å². The highest BCUT2D eigenvalue weighted by Gasteiger charge is 2.32. The van der Waals surface area contributed by atoms with E-state index in [1.54, 1.807) is 0 Å². The fraction of sp³-hybridized carbons (Fsp3) is 0.632. The van der Waals surface area contributed by atoms with E-state index in [1.807, 2.05) is 0 Å². The molecule has 0 saturated carbocycles. The van der Waals surface area contributed by atoms with Gasteiger partial charge in [0.05, 0.1) is 7.11 Å². The summed E-state index contributed by atoms with van der Waals surface area (Å²) in [5.41, 5.74) is 1.43. The van der Waals surface area contributed by atoms with E-state index in [0.717, 1.165) is 25.4 Å². The molecule has 2 unspecified atom stereocenters. The number of esters is 1. The Hall–Kier alpha value is -1.35. The monoisotopic (exact) mass is 303 g/mol. The quantitative estimate of drug-likeness (QED) is 0.349. The van der Waals surface area contributed by atoms with Gasteiger partial charge < -0.3 is 4.74 Å². The molecule has 3 nitrogen and oxygen atoms in total. The van der Waals surface area contributed by atoms with E-state index >= 15 is 0 Å². The highest BCUT2D eigenvalue weighted by atomic mass is 16.5. The summed E-state index contributed by atoms with van der Waals surface area (Å²) in [6.07, 6.45) is 9.25. The van der Waals surface area contributed by atoms with Crippen molar-refractivity contribution in [2.45, 2.75) is 64.0 Å². The first-order valence-electron chi connectivity index (χ1n) is 8.64. The van der Waals surface area contributed by atoms with Crippen LogP contribution in [0.5, 0.6) is 0 Å². The lowest BCUT2D eigenvalue weighted by Crippen LogP contribution is -2.02. The number of hydrogen-bond acceptors (Lipinski definition) is 3. The molecular weight excluding hydrogens is 274 g/mol. The second kappa shape index (κ2) is 9.62. The van der Waals surface area contributed by atoms with Crippen LogP contribution in [0.15, 0.2) is 30.3 Å². The maximum atomic E-state index is 11.0. The molecule has 1 fully saturated rings. The van der Waals surface area contributed by atoms with Crippen molar-refractivity contribution in [3.05, 3.63) is 35.9 Å². The number of carbonyl (C=O) groups is 1. The molecule has 0 aromatic heterocycles. The van der Waals surface area contributed by atoms with Crippen LogP contribution in [0.2, 0.25) is 0 Å². The zero-order chi connectivity index (χ0) is 15.6. The van der Waals surface area contributed by atoms with Gasteiger partial charge >= 0.3 is 5.97 Å². The Labute approximate surface area is 134 Å². The lowest BCUT2D eigenvalue weighted by atomic mass is 10.1. The van der Waals surface area contributed by atoms with Crippen molar-refractivity contribution in [2.75, 3.05) is 13.7 Å². The molecule has 0 N–H and O–H groups in total. The largest absolute Gasteiger partial charge is 0.469 e. The standard InChI is InChI=1S/C19H29NO2/c1-22-19(21)14-10-5-3-2-4-9-13-18-16-20(18)15-17-11-7-6-8-12-17/h6-8,11-12,18H,2-5,9-10,13-16H2,1H3. The summed E-state index contributed by atoms with van der Waals surface area (Å²) in [5, 5.41) is 0. The summed E-state index contributed by atoms with van der Waals surface area (Å²) >= 11 is 0. The summed E-state index contributed by atoms with van der Waals surface area (Å²) in [5.74, 6) is -0.0766. The third-order valence-corrected chi connectivity index (χ3v) is 4.45. The van der Waals surface area contributed by atoms with Gasteiger partial charge in [0.25, 0.3) is 0 Å². The molecule has 1 aliphatic rings. The Morgan fingerprint density at radius 1 is 1.09 bits per heavy atom. The lowest BCUT2D eigenvalue weighted by molar-refractivity contribution is -0.140. The molecule has 122 valence electrons. The van der Waals surface area contributed by atoms with Gasteiger partial charge in [0.2, 0.25) is 0 Å². The minimum Gasteiger partial charge on any atom is -0.469 e. The first-order chi connectivity index (χ1) is 10.8. The Bertz CT molecular complexity index is 432. The molecule has 1 aromatic carbocycles. The Morgan fingerprint density at radius 3 is 2.50 bits per heavy atom. The predicted octanol–water partition coefficient (Wildman–Crippen LogP) is 4.16. The van der Waals surface area contributed by atoms with Crippen LogP contribution in [0.4, 0.5) is 0 Å². The third-order valence-electron chi connectivity index (χ3n) is 4.45. The van der Waals surface area contributed by atoms with E-state index in [9.17, 15) is 4.79 Å². The van der Waals surface area contributed by atoms with Crippen LogP contribution in [0.3, 0.4) is 0 Å². The fourth-order valence-corrected chi connectivity index (χ4v) is 2.97. The van der Waals surface area contributed by atoms with Gasteiger partial charge in [0.1, 0.15) is 0 Å².